The molecule has 1 fully saturated rings. The van der Waals surface area contributed by atoms with E-state index >= 15 is 0 Å². The van der Waals surface area contributed by atoms with Gasteiger partial charge in [-0.25, -0.2) is 0 Å². The molecule has 1 aliphatic rings. The first-order valence-corrected chi connectivity index (χ1v) is 11.6. The number of benzene rings is 2. The van der Waals surface area contributed by atoms with E-state index in [1.54, 1.807) is 30.3 Å². The summed E-state index contributed by atoms with van der Waals surface area (Å²) in [6.45, 7) is 6.86. The van der Waals surface area contributed by atoms with E-state index in [0.29, 0.717) is 40.1 Å². The highest BCUT2D eigenvalue weighted by molar-refractivity contribution is 6.36. The Hall–Kier alpha value is -2.96. The number of anilines is 2. The molecule has 0 radical (unpaired) electrons. The Bertz CT molecular complexity index is 1150. The molecule has 6 nitrogen and oxygen atoms in total. The minimum atomic E-state index is -0.347. The lowest BCUT2D eigenvalue weighted by Crippen LogP contribution is -2.49. The van der Waals surface area contributed by atoms with E-state index in [1.165, 1.54) is 0 Å². The van der Waals surface area contributed by atoms with Crippen molar-refractivity contribution in [3.63, 3.8) is 0 Å². The standard InChI is InChI=1S/C25H25Cl2N3O3/c1-16(2)25(32)30-13-11-29(12-14-30)19-6-4-18(5-7-19)28-24(31)23-10-9-22(33-23)20-8-3-17(26)15-21(20)27/h3-10,15-16H,11-14H2,1-2H3,(H,28,31). The van der Waals surface area contributed by atoms with Gasteiger partial charge in [-0.3, -0.25) is 9.59 Å². The number of hydrogen-bond donors (Lipinski definition) is 1. The molecule has 2 heterocycles. The third kappa shape index (κ3) is 5.34. The average Bonchev–Trinajstić information content (AvgIpc) is 3.29. The van der Waals surface area contributed by atoms with E-state index in [4.69, 9.17) is 27.6 Å². The lowest BCUT2D eigenvalue weighted by Gasteiger charge is -2.37. The van der Waals surface area contributed by atoms with Crippen molar-refractivity contribution in [3.05, 3.63) is 70.4 Å². The Kier molecular flexibility index (Phi) is 6.96. The molecule has 172 valence electrons. The van der Waals surface area contributed by atoms with Crippen LogP contribution in [0.2, 0.25) is 10.0 Å². The van der Waals surface area contributed by atoms with Crippen molar-refractivity contribution in [3.8, 4) is 11.3 Å². The number of nitrogens with zero attached hydrogens (tertiary/aromatic N) is 2. The SMILES string of the molecule is CC(C)C(=O)N1CCN(c2ccc(NC(=O)c3ccc(-c4ccc(Cl)cc4Cl)o3)cc2)CC1. The summed E-state index contributed by atoms with van der Waals surface area (Å²) >= 11 is 12.2. The maximum absolute atomic E-state index is 12.6. The first-order chi connectivity index (χ1) is 15.8. The largest absolute Gasteiger partial charge is 0.451 e. The minimum absolute atomic E-state index is 0.0212. The second-order valence-electron chi connectivity index (χ2n) is 8.26. The monoisotopic (exact) mass is 485 g/mol. The van der Waals surface area contributed by atoms with Crippen LogP contribution in [0.15, 0.2) is 59.0 Å². The Morgan fingerprint density at radius 3 is 2.27 bits per heavy atom. The number of carbonyl (C=O) groups is 2. The Morgan fingerprint density at radius 1 is 0.939 bits per heavy atom. The molecule has 4 rings (SSSR count). The van der Waals surface area contributed by atoms with E-state index < -0.39 is 0 Å². The number of furan rings is 1. The first-order valence-electron chi connectivity index (χ1n) is 10.8. The highest BCUT2D eigenvalue weighted by atomic mass is 35.5. The van der Waals surface area contributed by atoms with Crippen molar-refractivity contribution in [2.24, 2.45) is 5.92 Å². The fourth-order valence-electron chi connectivity index (χ4n) is 3.79. The zero-order valence-electron chi connectivity index (χ0n) is 18.5. The fourth-order valence-corrected chi connectivity index (χ4v) is 4.29. The van der Waals surface area contributed by atoms with Gasteiger partial charge in [-0.05, 0) is 54.6 Å². The molecule has 0 atom stereocenters. The molecule has 1 saturated heterocycles. The van der Waals surface area contributed by atoms with Gasteiger partial charge in [0.05, 0.1) is 5.02 Å². The molecule has 2 amide bonds. The zero-order valence-corrected chi connectivity index (χ0v) is 20.0. The molecule has 8 heteroatoms. The summed E-state index contributed by atoms with van der Waals surface area (Å²) in [5.74, 6) is 0.554. The van der Waals surface area contributed by atoms with Crippen LogP contribution >= 0.6 is 23.2 Å². The van der Waals surface area contributed by atoms with Gasteiger partial charge in [0.2, 0.25) is 5.91 Å². The van der Waals surface area contributed by atoms with Crippen LogP contribution in [0.5, 0.6) is 0 Å². The Balaban J connectivity index is 1.36. The highest BCUT2D eigenvalue weighted by Gasteiger charge is 2.23. The van der Waals surface area contributed by atoms with Crippen molar-refractivity contribution in [1.82, 2.24) is 4.90 Å². The second kappa shape index (κ2) is 9.89. The summed E-state index contributed by atoms with van der Waals surface area (Å²) in [6.07, 6.45) is 0. The van der Waals surface area contributed by atoms with Gasteiger partial charge in [-0.15, -0.1) is 0 Å². The molecular formula is C25H25Cl2N3O3. The predicted molar refractivity (Wildman–Crippen MR) is 132 cm³/mol. The Labute approximate surface area is 203 Å². The van der Waals surface area contributed by atoms with Crippen molar-refractivity contribution < 1.29 is 14.0 Å². The van der Waals surface area contributed by atoms with Gasteiger partial charge in [0.15, 0.2) is 5.76 Å². The summed E-state index contributed by atoms with van der Waals surface area (Å²) in [4.78, 5) is 29.0. The van der Waals surface area contributed by atoms with Gasteiger partial charge < -0.3 is 19.5 Å². The van der Waals surface area contributed by atoms with Crippen LogP contribution < -0.4 is 10.2 Å². The van der Waals surface area contributed by atoms with E-state index in [2.05, 4.69) is 10.2 Å². The van der Waals surface area contributed by atoms with Crippen LogP contribution in [0.25, 0.3) is 11.3 Å². The van der Waals surface area contributed by atoms with E-state index in [0.717, 1.165) is 18.8 Å². The molecular weight excluding hydrogens is 461 g/mol. The van der Waals surface area contributed by atoms with Gasteiger partial charge in [0, 0.05) is 54.1 Å². The van der Waals surface area contributed by atoms with E-state index in [9.17, 15) is 9.59 Å². The van der Waals surface area contributed by atoms with Gasteiger partial charge >= 0.3 is 0 Å². The van der Waals surface area contributed by atoms with Crippen molar-refractivity contribution in [1.29, 1.82) is 0 Å². The number of hydrogen-bond acceptors (Lipinski definition) is 4. The van der Waals surface area contributed by atoms with Gasteiger partial charge in [-0.1, -0.05) is 37.0 Å². The molecule has 1 aromatic heterocycles. The molecule has 33 heavy (non-hydrogen) atoms. The Morgan fingerprint density at radius 2 is 1.64 bits per heavy atom. The summed E-state index contributed by atoms with van der Waals surface area (Å²) in [5.41, 5.74) is 2.39. The van der Waals surface area contributed by atoms with Crippen LogP contribution in [0.3, 0.4) is 0 Å². The fraction of sp³-hybridized carbons (Fsp3) is 0.280. The maximum Gasteiger partial charge on any atom is 0.291 e. The van der Waals surface area contributed by atoms with Crippen LogP contribution in [0.1, 0.15) is 24.4 Å². The van der Waals surface area contributed by atoms with Crippen LogP contribution in [-0.2, 0) is 4.79 Å². The molecule has 2 aromatic carbocycles. The van der Waals surface area contributed by atoms with Crippen LogP contribution in [-0.4, -0.2) is 42.9 Å². The minimum Gasteiger partial charge on any atom is -0.451 e. The van der Waals surface area contributed by atoms with Crippen molar-refractivity contribution >= 4 is 46.4 Å². The smallest absolute Gasteiger partial charge is 0.291 e. The normalized spacial score (nSPS) is 14.0. The summed E-state index contributed by atoms with van der Waals surface area (Å²) < 4.78 is 5.71. The molecule has 0 aliphatic carbocycles. The third-order valence-corrected chi connectivity index (χ3v) is 6.15. The zero-order chi connectivity index (χ0) is 23.5. The second-order valence-corrected chi connectivity index (χ2v) is 9.10. The van der Waals surface area contributed by atoms with E-state index in [-0.39, 0.29) is 23.5 Å². The lowest BCUT2D eigenvalue weighted by atomic mass is 10.1. The number of rotatable bonds is 5. The lowest BCUT2D eigenvalue weighted by molar-refractivity contribution is -0.134. The molecule has 0 spiro atoms. The van der Waals surface area contributed by atoms with Gasteiger partial charge in [0.25, 0.3) is 5.91 Å². The quantitative estimate of drug-likeness (QED) is 0.494. The van der Waals surface area contributed by atoms with Gasteiger partial charge in [0.1, 0.15) is 5.76 Å². The number of nitrogens with one attached hydrogen (secondary N) is 1. The molecule has 0 bridgehead atoms. The molecule has 1 N–H and O–H groups in total. The number of carbonyl (C=O) groups excluding carboxylic acids is 2. The number of halogens is 2. The first kappa shape index (κ1) is 23.2. The van der Waals surface area contributed by atoms with Crippen molar-refractivity contribution in [2.75, 3.05) is 36.4 Å². The predicted octanol–water partition coefficient (Wildman–Crippen LogP) is 5.81. The molecule has 0 unspecified atom stereocenters. The highest BCUT2D eigenvalue weighted by Crippen LogP contribution is 2.31. The maximum atomic E-state index is 12.6. The molecule has 3 aromatic rings. The summed E-state index contributed by atoms with van der Waals surface area (Å²) in [7, 11) is 0. The average molecular weight is 486 g/mol. The third-order valence-electron chi connectivity index (χ3n) is 5.60. The molecule has 0 saturated carbocycles. The summed E-state index contributed by atoms with van der Waals surface area (Å²) in [5, 5.41) is 3.84. The number of piperazine rings is 1. The summed E-state index contributed by atoms with van der Waals surface area (Å²) in [6, 6.07) is 16.1. The van der Waals surface area contributed by atoms with Crippen LogP contribution in [0.4, 0.5) is 11.4 Å². The van der Waals surface area contributed by atoms with Crippen LogP contribution in [0, 0.1) is 5.92 Å². The van der Waals surface area contributed by atoms with Crippen molar-refractivity contribution in [2.45, 2.75) is 13.8 Å². The number of amides is 2. The molecule has 1 aliphatic heterocycles. The topological polar surface area (TPSA) is 65.8 Å². The van der Waals surface area contributed by atoms with Gasteiger partial charge in [-0.2, -0.15) is 0 Å². The van der Waals surface area contributed by atoms with E-state index in [1.807, 2.05) is 43.0 Å².